The number of nitro benzene ring substituents is 1. The van der Waals surface area contributed by atoms with Gasteiger partial charge in [0.2, 0.25) is 0 Å². The molecule has 0 spiro atoms. The number of alkyl halides is 2. The second-order valence-corrected chi connectivity index (χ2v) is 5.33. The van der Waals surface area contributed by atoms with E-state index in [-0.39, 0.29) is 42.5 Å². The monoisotopic (exact) mass is 382 g/mol. The fourth-order valence-corrected chi connectivity index (χ4v) is 2.65. The Morgan fingerprint density at radius 1 is 1.48 bits per heavy atom. The lowest BCUT2D eigenvalue weighted by molar-refractivity contribution is -0.385. The Kier molecular flexibility index (Phi) is 7.31. The van der Waals surface area contributed by atoms with Crippen LogP contribution in [0.5, 0.6) is 11.5 Å². The van der Waals surface area contributed by atoms with E-state index in [0.717, 1.165) is 6.07 Å². The Bertz CT molecular complexity index is 646. The van der Waals surface area contributed by atoms with Gasteiger partial charge in [-0.1, -0.05) is 0 Å². The molecule has 8 nitrogen and oxygen atoms in total. The highest BCUT2D eigenvalue weighted by Gasteiger charge is 2.30. The van der Waals surface area contributed by atoms with Gasteiger partial charge in [-0.3, -0.25) is 19.8 Å². The zero-order valence-electron chi connectivity index (χ0n) is 13.2. The minimum Gasteiger partial charge on any atom is -0.493 e. The van der Waals surface area contributed by atoms with Gasteiger partial charge < -0.3 is 14.6 Å². The molecule has 1 atom stereocenters. The predicted molar refractivity (Wildman–Crippen MR) is 84.5 cm³/mol. The van der Waals surface area contributed by atoms with Crippen LogP contribution in [0.25, 0.3) is 0 Å². The van der Waals surface area contributed by atoms with Crippen LogP contribution in [0.1, 0.15) is 12.0 Å². The highest BCUT2D eigenvalue weighted by molar-refractivity contribution is 5.85. The van der Waals surface area contributed by atoms with Crippen molar-refractivity contribution in [2.24, 2.45) is 5.92 Å². The number of halogens is 3. The standard InChI is InChI=1S/C14H16F2N2O6.ClH/c1-23-11-4-9(7-17-3-2-8(6-17)13(19)20)10(18(21)22)5-12(11)24-14(15)16;/h4-5,8,14H,2-3,6-7H2,1H3,(H,19,20);1H. The van der Waals surface area contributed by atoms with Gasteiger partial charge in [0, 0.05) is 18.7 Å². The molecule has 0 amide bonds. The molecular formula is C14H17ClF2N2O6. The second kappa shape index (κ2) is 8.77. The molecule has 1 N–H and O–H groups in total. The second-order valence-electron chi connectivity index (χ2n) is 5.33. The van der Waals surface area contributed by atoms with Crippen LogP contribution in [0, 0.1) is 16.0 Å². The van der Waals surface area contributed by atoms with E-state index >= 15 is 0 Å². The van der Waals surface area contributed by atoms with Crippen molar-refractivity contribution in [2.45, 2.75) is 19.6 Å². The summed E-state index contributed by atoms with van der Waals surface area (Å²) < 4.78 is 34.0. The average Bonchev–Trinajstić information content (AvgIpc) is 2.96. The number of carboxylic acid groups (broad SMARTS) is 1. The van der Waals surface area contributed by atoms with Gasteiger partial charge in [0.25, 0.3) is 5.69 Å². The number of likely N-dealkylation sites (tertiary alicyclic amines) is 1. The van der Waals surface area contributed by atoms with Crippen molar-refractivity contribution in [3.05, 3.63) is 27.8 Å². The molecule has 0 aliphatic carbocycles. The molecule has 0 aromatic heterocycles. The summed E-state index contributed by atoms with van der Waals surface area (Å²) in [6.45, 7) is -2.28. The van der Waals surface area contributed by atoms with E-state index < -0.39 is 29.2 Å². The van der Waals surface area contributed by atoms with Crippen molar-refractivity contribution in [3.8, 4) is 11.5 Å². The molecule has 1 unspecified atom stereocenters. The van der Waals surface area contributed by atoms with Crippen molar-refractivity contribution in [1.29, 1.82) is 0 Å². The molecule has 1 fully saturated rings. The summed E-state index contributed by atoms with van der Waals surface area (Å²) in [5.41, 5.74) is -0.144. The van der Waals surface area contributed by atoms with Gasteiger partial charge in [-0.05, 0) is 19.0 Å². The number of nitro groups is 1. The Morgan fingerprint density at radius 3 is 2.64 bits per heavy atom. The van der Waals surface area contributed by atoms with Crippen molar-refractivity contribution < 1.29 is 33.1 Å². The van der Waals surface area contributed by atoms with Gasteiger partial charge in [-0.2, -0.15) is 8.78 Å². The lowest BCUT2D eigenvalue weighted by Gasteiger charge is -2.17. The number of methoxy groups -OCH3 is 1. The maximum absolute atomic E-state index is 12.4. The van der Waals surface area contributed by atoms with E-state index in [9.17, 15) is 23.7 Å². The third kappa shape index (κ3) is 5.13. The number of benzene rings is 1. The van der Waals surface area contributed by atoms with Crippen LogP contribution in [0.3, 0.4) is 0 Å². The molecule has 1 aromatic carbocycles. The van der Waals surface area contributed by atoms with Crippen molar-refractivity contribution in [1.82, 2.24) is 4.90 Å². The Labute approximate surface area is 147 Å². The van der Waals surface area contributed by atoms with E-state index in [0.29, 0.717) is 13.0 Å². The van der Waals surface area contributed by atoms with E-state index in [4.69, 9.17) is 9.84 Å². The summed E-state index contributed by atoms with van der Waals surface area (Å²) in [4.78, 5) is 23.3. The molecule has 0 saturated carbocycles. The van der Waals surface area contributed by atoms with Gasteiger partial charge in [-0.25, -0.2) is 0 Å². The number of ether oxygens (including phenoxy) is 2. The summed E-state index contributed by atoms with van der Waals surface area (Å²) >= 11 is 0. The first-order valence-corrected chi connectivity index (χ1v) is 7.07. The largest absolute Gasteiger partial charge is 0.493 e. The Balaban J connectivity index is 0.00000312. The van der Waals surface area contributed by atoms with Gasteiger partial charge >= 0.3 is 12.6 Å². The Hall–Kier alpha value is -2.20. The van der Waals surface area contributed by atoms with Crippen molar-refractivity contribution in [2.75, 3.05) is 20.2 Å². The van der Waals surface area contributed by atoms with Crippen LogP contribution in [-0.4, -0.2) is 47.7 Å². The number of carbonyl (C=O) groups is 1. The summed E-state index contributed by atoms with van der Waals surface area (Å²) in [6.07, 6.45) is 0.451. The van der Waals surface area contributed by atoms with E-state index in [1.165, 1.54) is 13.2 Å². The van der Waals surface area contributed by atoms with E-state index in [2.05, 4.69) is 4.74 Å². The maximum Gasteiger partial charge on any atom is 0.387 e. The highest BCUT2D eigenvalue weighted by atomic mass is 35.5. The molecule has 11 heteroatoms. The van der Waals surface area contributed by atoms with Gasteiger partial charge in [-0.15, -0.1) is 12.4 Å². The molecule has 25 heavy (non-hydrogen) atoms. The molecule has 1 saturated heterocycles. The van der Waals surface area contributed by atoms with Crippen LogP contribution in [-0.2, 0) is 11.3 Å². The molecule has 0 bridgehead atoms. The molecule has 1 aliphatic rings. The molecular weight excluding hydrogens is 366 g/mol. The van der Waals surface area contributed by atoms with Crippen LogP contribution in [0.4, 0.5) is 14.5 Å². The number of nitrogens with zero attached hydrogens (tertiary/aromatic N) is 2. The lowest BCUT2D eigenvalue weighted by atomic mass is 10.1. The fraction of sp³-hybridized carbons (Fsp3) is 0.500. The van der Waals surface area contributed by atoms with Crippen LogP contribution in [0.15, 0.2) is 12.1 Å². The van der Waals surface area contributed by atoms with Gasteiger partial charge in [0.05, 0.1) is 24.0 Å². The van der Waals surface area contributed by atoms with Gasteiger partial charge in [0.15, 0.2) is 11.5 Å². The molecule has 140 valence electrons. The topological polar surface area (TPSA) is 102 Å². The highest BCUT2D eigenvalue weighted by Crippen LogP contribution is 2.36. The van der Waals surface area contributed by atoms with E-state index in [1.54, 1.807) is 4.90 Å². The lowest BCUT2D eigenvalue weighted by Crippen LogP contribution is -2.23. The van der Waals surface area contributed by atoms with Crippen LogP contribution < -0.4 is 9.47 Å². The summed E-state index contributed by atoms with van der Waals surface area (Å²) in [7, 11) is 1.24. The first kappa shape index (κ1) is 20.8. The average molecular weight is 383 g/mol. The first-order chi connectivity index (χ1) is 11.3. The van der Waals surface area contributed by atoms with Crippen LogP contribution in [0.2, 0.25) is 0 Å². The third-order valence-corrected chi connectivity index (χ3v) is 3.79. The predicted octanol–water partition coefficient (Wildman–Crippen LogP) is 2.53. The fourth-order valence-electron chi connectivity index (χ4n) is 2.65. The molecule has 0 radical (unpaired) electrons. The number of hydrogen-bond donors (Lipinski definition) is 1. The normalized spacial score (nSPS) is 17.2. The summed E-state index contributed by atoms with van der Waals surface area (Å²) in [5.74, 6) is -1.91. The number of rotatable bonds is 7. The summed E-state index contributed by atoms with van der Waals surface area (Å²) in [6, 6.07) is 2.16. The van der Waals surface area contributed by atoms with Crippen molar-refractivity contribution >= 4 is 24.1 Å². The zero-order chi connectivity index (χ0) is 17.9. The Morgan fingerprint density at radius 2 is 2.16 bits per heavy atom. The van der Waals surface area contributed by atoms with Crippen LogP contribution >= 0.6 is 12.4 Å². The minimum absolute atomic E-state index is 0. The SMILES string of the molecule is COc1cc(CN2CCC(C(=O)O)C2)c([N+](=O)[O-])cc1OC(F)F.Cl. The number of carboxylic acids is 1. The number of hydrogen-bond acceptors (Lipinski definition) is 6. The zero-order valence-corrected chi connectivity index (χ0v) is 14.0. The minimum atomic E-state index is -3.14. The third-order valence-electron chi connectivity index (χ3n) is 3.79. The first-order valence-electron chi connectivity index (χ1n) is 7.07. The molecule has 2 rings (SSSR count). The van der Waals surface area contributed by atoms with Crippen molar-refractivity contribution in [3.63, 3.8) is 0 Å². The summed E-state index contributed by atoms with van der Waals surface area (Å²) in [5, 5.41) is 20.2. The molecule has 1 aromatic rings. The maximum atomic E-state index is 12.4. The number of aliphatic carboxylic acids is 1. The van der Waals surface area contributed by atoms with E-state index in [1.807, 2.05) is 0 Å². The quantitative estimate of drug-likeness (QED) is 0.571. The molecule has 1 aliphatic heterocycles. The van der Waals surface area contributed by atoms with Gasteiger partial charge in [0.1, 0.15) is 0 Å². The smallest absolute Gasteiger partial charge is 0.387 e. The molecule has 1 heterocycles.